The van der Waals surface area contributed by atoms with Crippen molar-refractivity contribution in [1.29, 1.82) is 5.26 Å². The lowest BCUT2D eigenvalue weighted by Crippen LogP contribution is -2.21. The molecular formula is C13H15ClN2O. The third-order valence-electron chi connectivity index (χ3n) is 2.92. The fraction of sp³-hybridized carbons (Fsp3) is 0.462. The number of nitriles is 1. The second kappa shape index (κ2) is 5.39. The summed E-state index contributed by atoms with van der Waals surface area (Å²) in [5, 5.41) is 9.20. The smallest absolute Gasteiger partial charge is 0.138 e. The molecule has 1 saturated heterocycles. The maximum absolute atomic E-state index is 8.61. The SMILES string of the molecule is CN1CCC(Oc2ccc(CC#N)cc2Cl)C1. The third kappa shape index (κ3) is 3.12. The molecule has 0 aliphatic carbocycles. The van der Waals surface area contributed by atoms with Gasteiger partial charge in [-0.3, -0.25) is 0 Å². The maximum atomic E-state index is 8.61. The number of rotatable bonds is 3. The van der Waals surface area contributed by atoms with Crippen LogP contribution in [0.25, 0.3) is 0 Å². The van der Waals surface area contributed by atoms with Gasteiger partial charge in [-0.2, -0.15) is 5.26 Å². The molecule has 1 aliphatic heterocycles. The van der Waals surface area contributed by atoms with E-state index in [-0.39, 0.29) is 6.10 Å². The molecule has 0 bridgehead atoms. The Morgan fingerprint density at radius 2 is 2.41 bits per heavy atom. The maximum Gasteiger partial charge on any atom is 0.138 e. The number of ether oxygens (including phenoxy) is 1. The van der Waals surface area contributed by atoms with Crippen LogP contribution in [-0.2, 0) is 6.42 Å². The second-order valence-corrected chi connectivity index (χ2v) is 4.80. The van der Waals surface area contributed by atoms with E-state index in [1.54, 1.807) is 6.07 Å². The standard InChI is InChI=1S/C13H15ClN2O/c1-16-7-5-11(9-16)17-13-3-2-10(4-6-15)8-12(13)14/h2-3,8,11H,4-5,7,9H2,1H3. The molecule has 0 N–H and O–H groups in total. The molecule has 2 rings (SSSR count). The molecule has 1 atom stereocenters. The van der Waals surface area contributed by atoms with E-state index >= 15 is 0 Å². The second-order valence-electron chi connectivity index (χ2n) is 4.39. The highest BCUT2D eigenvalue weighted by Gasteiger charge is 2.21. The molecule has 0 aromatic heterocycles. The summed E-state index contributed by atoms with van der Waals surface area (Å²) in [7, 11) is 2.08. The van der Waals surface area contributed by atoms with Crippen molar-refractivity contribution in [3.05, 3.63) is 28.8 Å². The normalized spacial score (nSPS) is 20.2. The molecule has 3 nitrogen and oxygen atoms in total. The van der Waals surface area contributed by atoms with Crippen molar-refractivity contribution in [2.75, 3.05) is 20.1 Å². The van der Waals surface area contributed by atoms with E-state index in [9.17, 15) is 0 Å². The Bertz CT molecular complexity index is 442. The highest BCUT2D eigenvalue weighted by molar-refractivity contribution is 6.32. The molecule has 1 heterocycles. The quantitative estimate of drug-likeness (QED) is 0.827. The molecule has 0 saturated carbocycles. The first-order valence-electron chi connectivity index (χ1n) is 5.69. The molecule has 90 valence electrons. The van der Waals surface area contributed by atoms with E-state index in [2.05, 4.69) is 18.0 Å². The summed E-state index contributed by atoms with van der Waals surface area (Å²) in [4.78, 5) is 2.24. The first kappa shape index (κ1) is 12.2. The summed E-state index contributed by atoms with van der Waals surface area (Å²) in [6.07, 6.45) is 1.64. The third-order valence-corrected chi connectivity index (χ3v) is 3.22. The molecule has 0 amide bonds. The van der Waals surface area contributed by atoms with Gasteiger partial charge in [-0.1, -0.05) is 17.7 Å². The van der Waals surface area contributed by atoms with Crippen LogP contribution in [0, 0.1) is 11.3 Å². The Balaban J connectivity index is 2.04. The van der Waals surface area contributed by atoms with Crippen LogP contribution in [-0.4, -0.2) is 31.1 Å². The lowest BCUT2D eigenvalue weighted by atomic mass is 10.1. The van der Waals surface area contributed by atoms with E-state index in [1.165, 1.54) is 0 Å². The van der Waals surface area contributed by atoms with E-state index in [1.807, 2.05) is 12.1 Å². The number of benzene rings is 1. The molecule has 0 radical (unpaired) electrons. The van der Waals surface area contributed by atoms with Gasteiger partial charge in [0.2, 0.25) is 0 Å². The average Bonchev–Trinajstić information content (AvgIpc) is 2.69. The van der Waals surface area contributed by atoms with Crippen LogP contribution < -0.4 is 4.74 Å². The van der Waals surface area contributed by atoms with Crippen molar-refractivity contribution in [3.8, 4) is 11.8 Å². The molecule has 1 fully saturated rings. The van der Waals surface area contributed by atoms with Gasteiger partial charge in [0.1, 0.15) is 11.9 Å². The molecule has 1 aromatic rings. The van der Waals surface area contributed by atoms with Crippen molar-refractivity contribution in [1.82, 2.24) is 4.90 Å². The predicted molar refractivity (Wildman–Crippen MR) is 67.3 cm³/mol. The Kier molecular flexibility index (Phi) is 3.88. The minimum Gasteiger partial charge on any atom is -0.487 e. The van der Waals surface area contributed by atoms with E-state index in [4.69, 9.17) is 21.6 Å². The largest absolute Gasteiger partial charge is 0.487 e. The number of hydrogen-bond donors (Lipinski definition) is 0. The summed E-state index contributed by atoms with van der Waals surface area (Å²) in [5.41, 5.74) is 0.924. The summed E-state index contributed by atoms with van der Waals surface area (Å²) in [5.74, 6) is 0.716. The summed E-state index contributed by atoms with van der Waals surface area (Å²) >= 11 is 6.13. The molecule has 4 heteroatoms. The van der Waals surface area contributed by atoms with Gasteiger partial charge in [0.25, 0.3) is 0 Å². The van der Waals surface area contributed by atoms with Crippen molar-refractivity contribution in [2.45, 2.75) is 18.9 Å². The minimum atomic E-state index is 0.222. The number of likely N-dealkylation sites (tertiary alicyclic amines) is 1. The summed E-state index contributed by atoms with van der Waals surface area (Å²) in [6.45, 7) is 2.01. The van der Waals surface area contributed by atoms with Crippen molar-refractivity contribution < 1.29 is 4.74 Å². The average molecular weight is 251 g/mol. The topological polar surface area (TPSA) is 36.3 Å². The lowest BCUT2D eigenvalue weighted by molar-refractivity contribution is 0.208. The zero-order chi connectivity index (χ0) is 12.3. The van der Waals surface area contributed by atoms with Gasteiger partial charge in [-0.25, -0.2) is 0 Å². The summed E-state index contributed by atoms with van der Waals surface area (Å²) < 4.78 is 5.85. The Hall–Kier alpha value is -1.24. The van der Waals surface area contributed by atoms with Gasteiger partial charge >= 0.3 is 0 Å². The Morgan fingerprint density at radius 3 is 3.00 bits per heavy atom. The Morgan fingerprint density at radius 1 is 1.59 bits per heavy atom. The van der Waals surface area contributed by atoms with Gasteiger partial charge in [-0.05, 0) is 31.2 Å². The van der Waals surface area contributed by atoms with Crippen molar-refractivity contribution in [2.24, 2.45) is 0 Å². The zero-order valence-electron chi connectivity index (χ0n) is 9.82. The van der Waals surface area contributed by atoms with Crippen LogP contribution in [0.5, 0.6) is 5.75 Å². The molecular weight excluding hydrogens is 236 g/mol. The zero-order valence-corrected chi connectivity index (χ0v) is 10.6. The molecule has 1 unspecified atom stereocenters. The van der Waals surface area contributed by atoms with Crippen LogP contribution in [0.3, 0.4) is 0 Å². The predicted octanol–water partition coefficient (Wildman–Crippen LogP) is 2.49. The van der Waals surface area contributed by atoms with Crippen molar-refractivity contribution >= 4 is 11.6 Å². The minimum absolute atomic E-state index is 0.222. The van der Waals surface area contributed by atoms with Crippen LogP contribution in [0.15, 0.2) is 18.2 Å². The fourth-order valence-corrected chi connectivity index (χ4v) is 2.26. The lowest BCUT2D eigenvalue weighted by Gasteiger charge is -2.15. The van der Waals surface area contributed by atoms with Crippen LogP contribution >= 0.6 is 11.6 Å². The van der Waals surface area contributed by atoms with Crippen LogP contribution in [0.4, 0.5) is 0 Å². The first-order chi connectivity index (χ1) is 8.19. The van der Waals surface area contributed by atoms with E-state index in [0.29, 0.717) is 17.2 Å². The van der Waals surface area contributed by atoms with Gasteiger partial charge in [0.15, 0.2) is 0 Å². The van der Waals surface area contributed by atoms with Gasteiger partial charge in [-0.15, -0.1) is 0 Å². The molecule has 1 aliphatic rings. The van der Waals surface area contributed by atoms with Gasteiger partial charge in [0.05, 0.1) is 17.5 Å². The summed E-state index contributed by atoms with van der Waals surface area (Å²) in [6, 6.07) is 7.65. The number of hydrogen-bond acceptors (Lipinski definition) is 3. The number of nitrogens with zero attached hydrogens (tertiary/aromatic N) is 2. The van der Waals surface area contributed by atoms with Crippen LogP contribution in [0.1, 0.15) is 12.0 Å². The Labute approximate surface area is 107 Å². The molecule has 0 spiro atoms. The number of likely N-dealkylation sites (N-methyl/N-ethyl adjacent to an activating group) is 1. The number of halogens is 1. The highest BCUT2D eigenvalue weighted by atomic mass is 35.5. The van der Waals surface area contributed by atoms with Gasteiger partial charge in [0, 0.05) is 13.1 Å². The van der Waals surface area contributed by atoms with Crippen molar-refractivity contribution in [3.63, 3.8) is 0 Å². The van der Waals surface area contributed by atoms with Crippen LogP contribution in [0.2, 0.25) is 5.02 Å². The highest BCUT2D eigenvalue weighted by Crippen LogP contribution is 2.28. The van der Waals surface area contributed by atoms with Gasteiger partial charge < -0.3 is 9.64 Å². The van der Waals surface area contributed by atoms with E-state index < -0.39 is 0 Å². The molecule has 17 heavy (non-hydrogen) atoms. The van der Waals surface area contributed by atoms with E-state index in [0.717, 1.165) is 25.1 Å². The molecule has 1 aromatic carbocycles. The fourth-order valence-electron chi connectivity index (χ4n) is 2.01. The first-order valence-corrected chi connectivity index (χ1v) is 6.07. The monoisotopic (exact) mass is 250 g/mol.